The van der Waals surface area contributed by atoms with E-state index in [1.54, 1.807) is 12.1 Å². The minimum absolute atomic E-state index is 0.0771. The second kappa shape index (κ2) is 6.21. The Hall–Kier alpha value is -0.630. The van der Waals surface area contributed by atoms with Crippen molar-refractivity contribution in [2.24, 2.45) is 0 Å². The number of nitrogens with zero attached hydrogens (tertiary/aromatic N) is 1. The number of sulfone groups is 1. The first kappa shape index (κ1) is 16.4. The Kier molecular flexibility index (Phi) is 5.37. The molecule has 0 aliphatic rings. The quantitative estimate of drug-likeness (QED) is 0.734. The smallest absolute Gasteiger partial charge is 0.229 e. The molecule has 0 fully saturated rings. The van der Waals surface area contributed by atoms with Crippen LogP contribution in [0.5, 0.6) is 0 Å². The number of alkyl halides is 1. The topological polar surface area (TPSA) is 71.5 Å². The molecule has 19 heavy (non-hydrogen) atoms. The Balaban J connectivity index is 2.96. The van der Waals surface area contributed by atoms with Crippen molar-refractivity contribution in [3.05, 3.63) is 29.8 Å². The average Bonchev–Trinajstić information content (AvgIpc) is 2.35. The Morgan fingerprint density at radius 2 is 1.84 bits per heavy atom. The molecular formula is C11H16ClNO4S2. The van der Waals surface area contributed by atoms with E-state index in [1.807, 2.05) is 0 Å². The summed E-state index contributed by atoms with van der Waals surface area (Å²) < 4.78 is 47.6. The summed E-state index contributed by atoms with van der Waals surface area (Å²) in [6.45, 7) is -0.0771. The molecule has 1 rings (SSSR count). The monoisotopic (exact) mass is 325 g/mol. The number of rotatable bonds is 6. The van der Waals surface area contributed by atoms with Crippen molar-refractivity contribution in [3.8, 4) is 0 Å². The van der Waals surface area contributed by atoms with Gasteiger partial charge in [-0.1, -0.05) is 12.1 Å². The minimum Gasteiger partial charge on any atom is -0.229 e. The van der Waals surface area contributed by atoms with Crippen LogP contribution in [0.4, 0.5) is 0 Å². The zero-order valence-corrected chi connectivity index (χ0v) is 13.1. The Bertz CT molecular complexity index is 640. The highest BCUT2D eigenvalue weighted by Crippen LogP contribution is 2.16. The SMILES string of the molecule is CN(CCS(C)(=O)=O)S(=O)(=O)c1cccc(CCl)c1. The molecular weight excluding hydrogens is 310 g/mol. The number of benzene rings is 1. The van der Waals surface area contributed by atoms with E-state index < -0.39 is 19.9 Å². The fourth-order valence-electron chi connectivity index (χ4n) is 1.38. The third kappa shape index (κ3) is 4.76. The van der Waals surface area contributed by atoms with Crippen LogP contribution in [0.1, 0.15) is 5.56 Å². The van der Waals surface area contributed by atoms with Crippen molar-refractivity contribution >= 4 is 31.5 Å². The second-order valence-electron chi connectivity index (χ2n) is 4.24. The van der Waals surface area contributed by atoms with Gasteiger partial charge in [-0.05, 0) is 17.7 Å². The lowest BCUT2D eigenvalue weighted by Crippen LogP contribution is -2.31. The number of hydrogen-bond donors (Lipinski definition) is 0. The summed E-state index contributed by atoms with van der Waals surface area (Å²) in [5, 5.41) is 0. The Morgan fingerprint density at radius 3 is 2.37 bits per heavy atom. The van der Waals surface area contributed by atoms with E-state index in [1.165, 1.54) is 19.2 Å². The van der Waals surface area contributed by atoms with E-state index in [0.29, 0.717) is 5.56 Å². The van der Waals surface area contributed by atoms with Crippen LogP contribution in [0.15, 0.2) is 29.2 Å². The highest BCUT2D eigenvalue weighted by molar-refractivity contribution is 7.91. The molecule has 0 aliphatic heterocycles. The van der Waals surface area contributed by atoms with E-state index in [4.69, 9.17) is 11.6 Å². The molecule has 0 aliphatic carbocycles. The largest absolute Gasteiger partial charge is 0.242 e. The lowest BCUT2D eigenvalue weighted by Gasteiger charge is -2.17. The average molecular weight is 326 g/mol. The van der Waals surface area contributed by atoms with Crippen molar-refractivity contribution in [2.75, 3.05) is 25.6 Å². The zero-order valence-electron chi connectivity index (χ0n) is 10.7. The van der Waals surface area contributed by atoms with Crippen LogP contribution in [-0.2, 0) is 25.7 Å². The van der Waals surface area contributed by atoms with Crippen LogP contribution in [0, 0.1) is 0 Å². The number of hydrogen-bond acceptors (Lipinski definition) is 4. The summed E-state index contributed by atoms with van der Waals surface area (Å²) in [5.41, 5.74) is 0.694. The fourth-order valence-corrected chi connectivity index (χ4v) is 3.51. The van der Waals surface area contributed by atoms with Gasteiger partial charge < -0.3 is 0 Å². The van der Waals surface area contributed by atoms with Crippen molar-refractivity contribution in [1.29, 1.82) is 0 Å². The van der Waals surface area contributed by atoms with Gasteiger partial charge in [0.25, 0.3) is 0 Å². The van der Waals surface area contributed by atoms with Crippen molar-refractivity contribution in [3.63, 3.8) is 0 Å². The standard InChI is InChI=1S/C11H16ClNO4S2/c1-13(6-7-18(2,14)15)19(16,17)11-5-3-4-10(8-11)9-12/h3-5,8H,6-7,9H2,1-2H3. The van der Waals surface area contributed by atoms with Crippen LogP contribution in [0.2, 0.25) is 0 Å². The zero-order chi connectivity index (χ0) is 14.7. The Labute approximate surface area is 119 Å². The van der Waals surface area contributed by atoms with Gasteiger partial charge in [0.05, 0.1) is 10.6 Å². The first-order chi connectivity index (χ1) is 8.66. The van der Waals surface area contributed by atoms with Gasteiger partial charge in [0.15, 0.2) is 0 Å². The first-order valence-corrected chi connectivity index (χ1v) is 9.49. The number of halogens is 1. The molecule has 1 aromatic carbocycles. The molecule has 0 aromatic heterocycles. The summed E-state index contributed by atoms with van der Waals surface area (Å²) >= 11 is 5.66. The fraction of sp³-hybridized carbons (Fsp3) is 0.455. The van der Waals surface area contributed by atoms with Crippen molar-refractivity contribution in [2.45, 2.75) is 10.8 Å². The van der Waals surface area contributed by atoms with E-state index >= 15 is 0 Å². The molecule has 0 saturated heterocycles. The van der Waals surface area contributed by atoms with Gasteiger partial charge in [0.1, 0.15) is 9.84 Å². The highest BCUT2D eigenvalue weighted by atomic mass is 35.5. The van der Waals surface area contributed by atoms with E-state index in [-0.39, 0.29) is 23.1 Å². The van der Waals surface area contributed by atoms with Gasteiger partial charge in [-0.3, -0.25) is 0 Å². The molecule has 0 unspecified atom stereocenters. The van der Waals surface area contributed by atoms with Crippen molar-refractivity contribution in [1.82, 2.24) is 4.31 Å². The van der Waals surface area contributed by atoms with Crippen LogP contribution in [0.3, 0.4) is 0 Å². The molecule has 0 bridgehead atoms. The molecule has 0 heterocycles. The van der Waals surface area contributed by atoms with Gasteiger partial charge in [-0.15, -0.1) is 11.6 Å². The lowest BCUT2D eigenvalue weighted by molar-refractivity contribution is 0.484. The van der Waals surface area contributed by atoms with Crippen LogP contribution < -0.4 is 0 Å². The predicted octanol–water partition coefficient (Wildman–Crippen LogP) is 1.09. The van der Waals surface area contributed by atoms with Crippen LogP contribution in [0.25, 0.3) is 0 Å². The third-order valence-corrected chi connectivity index (χ3v) is 5.62. The lowest BCUT2D eigenvalue weighted by atomic mass is 10.2. The molecule has 108 valence electrons. The molecule has 0 saturated carbocycles. The van der Waals surface area contributed by atoms with Gasteiger partial charge in [-0.25, -0.2) is 16.8 Å². The van der Waals surface area contributed by atoms with Gasteiger partial charge in [-0.2, -0.15) is 4.31 Å². The van der Waals surface area contributed by atoms with E-state index in [2.05, 4.69) is 0 Å². The van der Waals surface area contributed by atoms with E-state index in [9.17, 15) is 16.8 Å². The summed E-state index contributed by atoms with van der Waals surface area (Å²) in [4.78, 5) is 0.113. The molecule has 0 radical (unpaired) electrons. The summed E-state index contributed by atoms with van der Waals surface area (Å²) in [6, 6.07) is 6.28. The van der Waals surface area contributed by atoms with Crippen LogP contribution in [-0.4, -0.2) is 46.7 Å². The third-order valence-electron chi connectivity index (χ3n) is 2.54. The first-order valence-electron chi connectivity index (χ1n) is 5.46. The maximum absolute atomic E-state index is 12.2. The number of sulfonamides is 1. The molecule has 0 amide bonds. The van der Waals surface area contributed by atoms with E-state index in [0.717, 1.165) is 10.6 Å². The maximum atomic E-state index is 12.2. The highest BCUT2D eigenvalue weighted by Gasteiger charge is 2.21. The molecule has 1 aromatic rings. The Morgan fingerprint density at radius 1 is 1.21 bits per heavy atom. The summed E-state index contributed by atoms with van der Waals surface area (Å²) in [5.74, 6) is 0.00827. The maximum Gasteiger partial charge on any atom is 0.242 e. The molecule has 5 nitrogen and oxygen atoms in total. The normalized spacial score (nSPS) is 12.8. The van der Waals surface area contributed by atoms with Gasteiger partial charge in [0, 0.05) is 25.7 Å². The summed E-state index contributed by atoms with van der Waals surface area (Å²) in [7, 11) is -5.53. The summed E-state index contributed by atoms with van der Waals surface area (Å²) in [6.07, 6.45) is 1.07. The van der Waals surface area contributed by atoms with Crippen LogP contribution >= 0.6 is 11.6 Å². The minimum atomic E-state index is -3.68. The second-order valence-corrected chi connectivity index (χ2v) is 8.81. The molecule has 0 N–H and O–H groups in total. The predicted molar refractivity (Wildman–Crippen MR) is 75.5 cm³/mol. The van der Waals surface area contributed by atoms with Crippen molar-refractivity contribution < 1.29 is 16.8 Å². The van der Waals surface area contributed by atoms with Gasteiger partial charge >= 0.3 is 0 Å². The molecule has 8 heteroatoms. The van der Waals surface area contributed by atoms with Gasteiger partial charge in [0.2, 0.25) is 10.0 Å². The molecule has 0 spiro atoms. The molecule has 0 atom stereocenters.